The van der Waals surface area contributed by atoms with Crippen molar-refractivity contribution < 1.29 is 14.3 Å². The van der Waals surface area contributed by atoms with E-state index < -0.39 is 0 Å². The van der Waals surface area contributed by atoms with Crippen LogP contribution in [0.3, 0.4) is 0 Å². The van der Waals surface area contributed by atoms with Crippen LogP contribution in [0, 0.1) is 11.8 Å². The third-order valence-corrected chi connectivity index (χ3v) is 3.47. The average molecular weight is 226 g/mol. The monoisotopic (exact) mass is 226 g/mol. The highest BCUT2D eigenvalue weighted by molar-refractivity contribution is 5.90. The van der Waals surface area contributed by atoms with Gasteiger partial charge in [-0.15, -0.1) is 0 Å². The molecule has 0 N–H and O–H groups in total. The molecular formula is C13H22O3. The van der Waals surface area contributed by atoms with Gasteiger partial charge in [-0.05, 0) is 12.8 Å². The number of ether oxygens (including phenoxy) is 1. The molecule has 1 saturated carbocycles. The summed E-state index contributed by atoms with van der Waals surface area (Å²) < 4.78 is 4.75. The number of carbonyl (C=O) groups is 2. The van der Waals surface area contributed by atoms with Gasteiger partial charge in [-0.3, -0.25) is 9.59 Å². The predicted molar refractivity (Wildman–Crippen MR) is 62.0 cm³/mol. The highest BCUT2D eigenvalue weighted by Gasteiger charge is 2.39. The molecule has 1 aliphatic carbocycles. The lowest BCUT2D eigenvalue weighted by atomic mass is 9.90. The standard InChI is InChI=1S/C13H22O3/c1-3-4-5-6-7-10-11(13(15)16-2)8-9-12(10)14/h10-11H,3-9H2,1-2H3/t10-,11-/m0/s1. The minimum Gasteiger partial charge on any atom is -0.469 e. The minimum absolute atomic E-state index is 0.0655. The van der Waals surface area contributed by atoms with Gasteiger partial charge in [-0.25, -0.2) is 0 Å². The lowest BCUT2D eigenvalue weighted by Crippen LogP contribution is -2.23. The van der Waals surface area contributed by atoms with Crippen molar-refractivity contribution in [3.8, 4) is 0 Å². The largest absolute Gasteiger partial charge is 0.469 e. The summed E-state index contributed by atoms with van der Waals surface area (Å²) >= 11 is 0. The molecule has 1 aliphatic rings. The molecule has 0 aliphatic heterocycles. The summed E-state index contributed by atoms with van der Waals surface area (Å²) in [6, 6.07) is 0. The first-order chi connectivity index (χ1) is 7.70. The van der Waals surface area contributed by atoms with Crippen molar-refractivity contribution >= 4 is 11.8 Å². The lowest BCUT2D eigenvalue weighted by molar-refractivity contribution is -0.148. The van der Waals surface area contributed by atoms with Gasteiger partial charge in [0.1, 0.15) is 5.78 Å². The van der Waals surface area contributed by atoms with E-state index in [0.29, 0.717) is 12.8 Å². The minimum atomic E-state index is -0.202. The van der Waals surface area contributed by atoms with Crippen LogP contribution in [0.15, 0.2) is 0 Å². The molecule has 3 heteroatoms. The van der Waals surface area contributed by atoms with Crippen LogP contribution in [0.4, 0.5) is 0 Å². The van der Waals surface area contributed by atoms with Crippen LogP contribution in [0.1, 0.15) is 51.9 Å². The fourth-order valence-electron chi connectivity index (χ4n) is 2.50. The molecule has 0 radical (unpaired) electrons. The SMILES string of the molecule is CCCCCC[C@@H]1C(=O)CC[C@@H]1C(=O)OC. The zero-order chi connectivity index (χ0) is 12.0. The Morgan fingerprint density at radius 1 is 1.38 bits per heavy atom. The van der Waals surface area contributed by atoms with Gasteiger partial charge < -0.3 is 4.74 Å². The van der Waals surface area contributed by atoms with Crippen LogP contribution in [0.25, 0.3) is 0 Å². The van der Waals surface area contributed by atoms with Crippen molar-refractivity contribution in [3.63, 3.8) is 0 Å². The summed E-state index contributed by atoms with van der Waals surface area (Å²) in [5.74, 6) is -0.179. The van der Waals surface area contributed by atoms with E-state index >= 15 is 0 Å². The molecule has 1 fully saturated rings. The molecule has 2 atom stereocenters. The maximum absolute atomic E-state index is 11.7. The molecular weight excluding hydrogens is 204 g/mol. The first-order valence-corrected chi connectivity index (χ1v) is 6.31. The molecule has 0 aromatic heterocycles. The molecule has 0 saturated heterocycles. The molecule has 0 spiro atoms. The zero-order valence-electron chi connectivity index (χ0n) is 10.3. The highest BCUT2D eigenvalue weighted by atomic mass is 16.5. The normalized spacial score (nSPS) is 24.8. The number of methoxy groups -OCH3 is 1. The van der Waals surface area contributed by atoms with Crippen LogP contribution in [-0.2, 0) is 14.3 Å². The Morgan fingerprint density at radius 2 is 2.12 bits per heavy atom. The van der Waals surface area contributed by atoms with E-state index in [0.717, 1.165) is 19.3 Å². The van der Waals surface area contributed by atoms with Gasteiger partial charge >= 0.3 is 5.97 Å². The van der Waals surface area contributed by atoms with Gasteiger partial charge in [0.2, 0.25) is 0 Å². The van der Waals surface area contributed by atoms with Crippen molar-refractivity contribution in [2.45, 2.75) is 51.9 Å². The van der Waals surface area contributed by atoms with E-state index in [4.69, 9.17) is 4.74 Å². The quantitative estimate of drug-likeness (QED) is 0.516. The van der Waals surface area contributed by atoms with E-state index in [-0.39, 0.29) is 23.6 Å². The summed E-state index contributed by atoms with van der Waals surface area (Å²) in [7, 11) is 1.40. The fraction of sp³-hybridized carbons (Fsp3) is 0.846. The molecule has 0 bridgehead atoms. The van der Waals surface area contributed by atoms with Crippen molar-refractivity contribution in [1.82, 2.24) is 0 Å². The topological polar surface area (TPSA) is 43.4 Å². The van der Waals surface area contributed by atoms with Gasteiger partial charge in [-0.2, -0.15) is 0 Å². The number of rotatable bonds is 6. The van der Waals surface area contributed by atoms with Crippen LogP contribution >= 0.6 is 0 Å². The molecule has 92 valence electrons. The van der Waals surface area contributed by atoms with Crippen molar-refractivity contribution in [3.05, 3.63) is 0 Å². The first kappa shape index (κ1) is 13.2. The Morgan fingerprint density at radius 3 is 2.75 bits per heavy atom. The number of carbonyl (C=O) groups excluding carboxylic acids is 2. The number of Topliss-reactive ketones (excluding diaryl/α,β-unsaturated/α-hetero) is 1. The predicted octanol–water partition coefficient (Wildman–Crippen LogP) is 2.73. The molecule has 0 unspecified atom stereocenters. The van der Waals surface area contributed by atoms with Crippen molar-refractivity contribution in [2.24, 2.45) is 11.8 Å². The van der Waals surface area contributed by atoms with E-state index in [9.17, 15) is 9.59 Å². The smallest absolute Gasteiger partial charge is 0.309 e. The van der Waals surface area contributed by atoms with Crippen molar-refractivity contribution in [1.29, 1.82) is 0 Å². The van der Waals surface area contributed by atoms with E-state index in [1.54, 1.807) is 0 Å². The third kappa shape index (κ3) is 3.32. The number of hydrogen-bond donors (Lipinski definition) is 0. The number of esters is 1. The molecule has 3 nitrogen and oxygen atoms in total. The number of hydrogen-bond acceptors (Lipinski definition) is 3. The summed E-state index contributed by atoms with van der Waals surface area (Å²) in [6.07, 6.45) is 6.72. The number of unbranched alkanes of at least 4 members (excludes halogenated alkanes) is 3. The summed E-state index contributed by atoms with van der Waals surface area (Å²) in [4.78, 5) is 23.1. The molecule has 1 rings (SSSR count). The maximum atomic E-state index is 11.7. The maximum Gasteiger partial charge on any atom is 0.309 e. The van der Waals surface area contributed by atoms with E-state index in [2.05, 4.69) is 6.92 Å². The van der Waals surface area contributed by atoms with E-state index in [1.807, 2.05) is 0 Å². The molecule has 0 amide bonds. The fourth-order valence-corrected chi connectivity index (χ4v) is 2.50. The highest BCUT2D eigenvalue weighted by Crippen LogP contribution is 2.33. The van der Waals surface area contributed by atoms with Gasteiger partial charge in [-0.1, -0.05) is 32.6 Å². The molecule has 0 aromatic rings. The van der Waals surface area contributed by atoms with Gasteiger partial charge in [0, 0.05) is 12.3 Å². The van der Waals surface area contributed by atoms with Gasteiger partial charge in [0.05, 0.1) is 13.0 Å². The summed E-state index contributed by atoms with van der Waals surface area (Å²) in [5, 5.41) is 0. The Bertz CT molecular complexity index is 248. The van der Waals surface area contributed by atoms with Crippen LogP contribution < -0.4 is 0 Å². The number of ketones is 1. The van der Waals surface area contributed by atoms with Gasteiger partial charge in [0.15, 0.2) is 0 Å². The summed E-state index contributed by atoms with van der Waals surface area (Å²) in [5.41, 5.74) is 0. The summed E-state index contributed by atoms with van der Waals surface area (Å²) in [6.45, 7) is 2.16. The molecule has 0 heterocycles. The Hall–Kier alpha value is -0.860. The first-order valence-electron chi connectivity index (χ1n) is 6.31. The molecule has 0 aromatic carbocycles. The van der Waals surface area contributed by atoms with Crippen LogP contribution in [-0.4, -0.2) is 18.9 Å². The van der Waals surface area contributed by atoms with Crippen molar-refractivity contribution in [2.75, 3.05) is 7.11 Å². The average Bonchev–Trinajstić information content (AvgIpc) is 2.65. The second kappa shape index (κ2) is 6.66. The van der Waals surface area contributed by atoms with E-state index in [1.165, 1.54) is 20.0 Å². The zero-order valence-corrected chi connectivity index (χ0v) is 10.3. The van der Waals surface area contributed by atoms with Crippen LogP contribution in [0.2, 0.25) is 0 Å². The lowest BCUT2D eigenvalue weighted by Gasteiger charge is -2.15. The van der Waals surface area contributed by atoms with Crippen LogP contribution in [0.5, 0.6) is 0 Å². The second-order valence-corrected chi connectivity index (χ2v) is 4.59. The second-order valence-electron chi connectivity index (χ2n) is 4.59. The Balaban J connectivity index is 2.41. The van der Waals surface area contributed by atoms with Gasteiger partial charge in [0.25, 0.3) is 0 Å². The Labute approximate surface area is 97.5 Å². The third-order valence-electron chi connectivity index (χ3n) is 3.47. The molecule has 16 heavy (non-hydrogen) atoms. The Kier molecular flexibility index (Phi) is 5.50.